The Bertz CT molecular complexity index is 413. The first-order valence-electron chi connectivity index (χ1n) is 4.98. The second-order valence-electron chi connectivity index (χ2n) is 3.27. The van der Waals surface area contributed by atoms with Crippen LogP contribution in [0, 0.1) is 0 Å². The van der Waals surface area contributed by atoms with Crippen molar-refractivity contribution in [2.24, 2.45) is 0 Å². The molecule has 0 aliphatic heterocycles. The van der Waals surface area contributed by atoms with Gasteiger partial charge in [-0.2, -0.15) is 0 Å². The summed E-state index contributed by atoms with van der Waals surface area (Å²) in [5, 5.41) is 3.05. The third-order valence-corrected chi connectivity index (χ3v) is 2.77. The summed E-state index contributed by atoms with van der Waals surface area (Å²) in [6.07, 6.45) is 3.56. The number of rotatable bonds is 5. The Balaban J connectivity index is 1.90. The Morgan fingerprint density at radius 2 is 2.31 bits per heavy atom. The summed E-state index contributed by atoms with van der Waals surface area (Å²) in [6.45, 7) is 1.33. The molecule has 0 atom stereocenters. The van der Waals surface area contributed by atoms with Crippen LogP contribution in [0.15, 0.2) is 30.0 Å². The fraction of sp³-hybridized carbons (Fsp3) is 0.273. The Hall–Kier alpha value is -1.46. The number of nitrogens with one attached hydrogen (secondary N) is 1. The molecule has 0 aliphatic carbocycles. The highest BCUT2D eigenvalue weighted by molar-refractivity contribution is 7.09. The number of pyridine rings is 1. The molecule has 0 saturated heterocycles. The fourth-order valence-corrected chi connectivity index (χ4v) is 1.76. The first-order chi connectivity index (χ1) is 7.88. The van der Waals surface area contributed by atoms with E-state index < -0.39 is 0 Å². The monoisotopic (exact) mass is 235 g/mol. The zero-order valence-corrected chi connectivity index (χ0v) is 9.83. The highest BCUT2D eigenvalue weighted by Gasteiger charge is 1.98. The third kappa shape index (κ3) is 3.01. The van der Waals surface area contributed by atoms with Gasteiger partial charge in [-0.25, -0.2) is 0 Å². The summed E-state index contributed by atoms with van der Waals surface area (Å²) in [6, 6.07) is 3.89. The minimum absolute atomic E-state index is 0.553. The minimum atomic E-state index is 0.553. The smallest absolute Gasteiger partial charge is 0.138 e. The van der Waals surface area contributed by atoms with Crippen molar-refractivity contribution in [1.29, 1.82) is 0 Å². The number of nitrogens with zero attached hydrogens (tertiary/aromatic N) is 2. The molecular weight excluding hydrogens is 222 g/mol. The van der Waals surface area contributed by atoms with Crippen LogP contribution in [-0.2, 0) is 13.2 Å². The Kier molecular flexibility index (Phi) is 3.85. The van der Waals surface area contributed by atoms with Crippen LogP contribution in [-0.4, -0.2) is 17.0 Å². The van der Waals surface area contributed by atoms with Gasteiger partial charge in [-0.05, 0) is 19.2 Å². The normalized spacial score (nSPS) is 10.3. The van der Waals surface area contributed by atoms with Crippen molar-refractivity contribution in [2.75, 3.05) is 7.05 Å². The molecule has 2 heterocycles. The van der Waals surface area contributed by atoms with Gasteiger partial charge in [0.25, 0.3) is 0 Å². The summed E-state index contributed by atoms with van der Waals surface area (Å²) in [7, 11) is 1.90. The van der Waals surface area contributed by atoms with E-state index in [9.17, 15) is 0 Å². The van der Waals surface area contributed by atoms with Gasteiger partial charge in [-0.3, -0.25) is 9.97 Å². The molecule has 0 unspecified atom stereocenters. The maximum absolute atomic E-state index is 5.57. The highest BCUT2D eigenvalue weighted by atomic mass is 32.1. The van der Waals surface area contributed by atoms with Crippen molar-refractivity contribution in [2.45, 2.75) is 13.2 Å². The molecule has 0 bridgehead atoms. The van der Waals surface area contributed by atoms with E-state index in [4.69, 9.17) is 4.74 Å². The Morgan fingerprint density at radius 1 is 1.38 bits per heavy atom. The van der Waals surface area contributed by atoms with E-state index >= 15 is 0 Å². The Labute approximate surface area is 98.3 Å². The van der Waals surface area contributed by atoms with Crippen LogP contribution in [0.3, 0.4) is 0 Å². The molecule has 0 fully saturated rings. The molecule has 16 heavy (non-hydrogen) atoms. The van der Waals surface area contributed by atoms with Crippen LogP contribution < -0.4 is 10.1 Å². The number of aromatic nitrogens is 2. The van der Waals surface area contributed by atoms with E-state index in [-0.39, 0.29) is 0 Å². The van der Waals surface area contributed by atoms with Gasteiger partial charge < -0.3 is 10.1 Å². The first-order valence-corrected chi connectivity index (χ1v) is 5.86. The lowest BCUT2D eigenvalue weighted by molar-refractivity contribution is 0.308. The topological polar surface area (TPSA) is 47.0 Å². The molecule has 5 heteroatoms. The second-order valence-corrected chi connectivity index (χ2v) is 4.24. The highest BCUT2D eigenvalue weighted by Crippen LogP contribution is 2.13. The van der Waals surface area contributed by atoms with Gasteiger partial charge in [0.15, 0.2) is 0 Å². The molecular formula is C11H13N3OS. The van der Waals surface area contributed by atoms with E-state index in [1.807, 2.05) is 25.4 Å². The maximum atomic E-state index is 5.57. The lowest BCUT2D eigenvalue weighted by Crippen LogP contribution is -2.06. The summed E-state index contributed by atoms with van der Waals surface area (Å²) in [5.41, 5.74) is 2.81. The van der Waals surface area contributed by atoms with Crippen LogP contribution in [0.1, 0.15) is 10.6 Å². The zero-order chi connectivity index (χ0) is 11.2. The largest absolute Gasteiger partial charge is 0.486 e. The van der Waals surface area contributed by atoms with Crippen LogP contribution in [0.4, 0.5) is 0 Å². The average molecular weight is 235 g/mol. The molecule has 0 amide bonds. The molecule has 2 aromatic heterocycles. The van der Waals surface area contributed by atoms with E-state index in [1.165, 1.54) is 0 Å². The van der Waals surface area contributed by atoms with Gasteiger partial charge >= 0.3 is 0 Å². The summed E-state index contributed by atoms with van der Waals surface area (Å²) < 4.78 is 5.57. The van der Waals surface area contributed by atoms with Gasteiger partial charge in [0.05, 0.1) is 22.3 Å². The van der Waals surface area contributed by atoms with Crippen molar-refractivity contribution in [3.05, 3.63) is 40.6 Å². The zero-order valence-electron chi connectivity index (χ0n) is 9.01. The fourth-order valence-electron chi connectivity index (χ4n) is 1.25. The number of thiazole rings is 1. The quantitative estimate of drug-likeness (QED) is 0.859. The van der Waals surface area contributed by atoms with Crippen LogP contribution in [0.5, 0.6) is 5.75 Å². The summed E-state index contributed by atoms with van der Waals surface area (Å²) in [4.78, 5) is 9.37. The lowest BCUT2D eigenvalue weighted by Gasteiger charge is -2.04. The second kappa shape index (κ2) is 5.58. The van der Waals surface area contributed by atoms with E-state index in [0.29, 0.717) is 6.61 Å². The first kappa shape index (κ1) is 11.0. The molecule has 0 aromatic carbocycles. The molecule has 2 aromatic rings. The predicted molar refractivity (Wildman–Crippen MR) is 63.4 cm³/mol. The van der Waals surface area contributed by atoms with Crippen LogP contribution in [0.2, 0.25) is 0 Å². The summed E-state index contributed by atoms with van der Waals surface area (Å²) in [5.74, 6) is 0.785. The van der Waals surface area contributed by atoms with Gasteiger partial charge in [0.1, 0.15) is 12.4 Å². The van der Waals surface area contributed by atoms with Crippen LogP contribution in [0.25, 0.3) is 0 Å². The van der Waals surface area contributed by atoms with Crippen molar-refractivity contribution < 1.29 is 4.74 Å². The molecule has 0 aliphatic rings. The minimum Gasteiger partial charge on any atom is -0.486 e. The summed E-state index contributed by atoms with van der Waals surface area (Å²) >= 11 is 1.59. The van der Waals surface area contributed by atoms with Crippen molar-refractivity contribution in [1.82, 2.24) is 15.3 Å². The van der Waals surface area contributed by atoms with Gasteiger partial charge in [0, 0.05) is 12.7 Å². The molecule has 0 spiro atoms. The Morgan fingerprint density at radius 3 is 2.94 bits per heavy atom. The van der Waals surface area contributed by atoms with Crippen molar-refractivity contribution in [3.63, 3.8) is 0 Å². The number of hydrogen-bond acceptors (Lipinski definition) is 5. The number of ether oxygens (including phenoxy) is 1. The van der Waals surface area contributed by atoms with Gasteiger partial charge in [0.2, 0.25) is 0 Å². The molecule has 0 radical (unpaired) electrons. The molecule has 0 saturated carbocycles. The van der Waals surface area contributed by atoms with Crippen molar-refractivity contribution in [3.8, 4) is 5.75 Å². The van der Waals surface area contributed by atoms with Crippen LogP contribution >= 0.6 is 11.3 Å². The molecule has 4 nitrogen and oxygen atoms in total. The van der Waals surface area contributed by atoms with Gasteiger partial charge in [-0.1, -0.05) is 0 Å². The maximum Gasteiger partial charge on any atom is 0.138 e. The number of hydrogen-bond donors (Lipinski definition) is 1. The lowest BCUT2D eigenvalue weighted by atomic mass is 10.3. The van der Waals surface area contributed by atoms with Gasteiger partial charge in [-0.15, -0.1) is 11.3 Å². The molecule has 1 N–H and O–H groups in total. The standard InChI is InChI=1S/C11H13N3OS/c1-12-4-9-2-3-10(5-14-9)15-7-11-6-13-8-16-11/h2-3,5-6,8,12H,4,7H2,1H3. The van der Waals surface area contributed by atoms with E-state index in [1.54, 1.807) is 23.0 Å². The third-order valence-electron chi connectivity index (χ3n) is 2.02. The van der Waals surface area contributed by atoms with E-state index in [0.717, 1.165) is 22.9 Å². The molecule has 84 valence electrons. The van der Waals surface area contributed by atoms with Crippen molar-refractivity contribution >= 4 is 11.3 Å². The van der Waals surface area contributed by atoms with E-state index in [2.05, 4.69) is 15.3 Å². The average Bonchev–Trinajstić information content (AvgIpc) is 2.82. The SMILES string of the molecule is CNCc1ccc(OCc2cncs2)cn1. The predicted octanol–water partition coefficient (Wildman–Crippen LogP) is 1.84. The molecule has 2 rings (SSSR count).